The van der Waals surface area contributed by atoms with Crippen LogP contribution in [0.5, 0.6) is 17.2 Å². The molecule has 3 aromatic carbocycles. The van der Waals surface area contributed by atoms with E-state index in [2.05, 4.69) is 59.1 Å². The maximum Gasteiger partial charge on any atom is 0.337 e. The molecule has 2 amide bonds. The van der Waals surface area contributed by atoms with E-state index in [1.54, 1.807) is 50.2 Å². The lowest BCUT2D eigenvalue weighted by atomic mass is 9.95. The molecule has 14 heteroatoms. The van der Waals surface area contributed by atoms with E-state index in [4.69, 9.17) is 18.9 Å². The van der Waals surface area contributed by atoms with Gasteiger partial charge in [0, 0.05) is 21.3 Å². The van der Waals surface area contributed by atoms with Gasteiger partial charge in [-0.15, -0.1) is 0 Å². The lowest BCUT2D eigenvalue weighted by molar-refractivity contribution is -0.136. The Kier molecular flexibility index (Phi) is 12.0. The highest BCUT2D eigenvalue weighted by Crippen LogP contribution is 2.35. The topological polar surface area (TPSA) is 164 Å². The Hall–Kier alpha value is -4.58. The lowest BCUT2D eigenvalue weighted by Gasteiger charge is -2.28. The minimum absolute atomic E-state index is 0.166. The molecule has 0 spiro atoms. The molecular formula is C32H31Br2N5O7. The number of carbonyl (C=O) groups excluding carboxylic acids is 2. The van der Waals surface area contributed by atoms with Crippen molar-refractivity contribution in [2.24, 2.45) is 5.10 Å². The van der Waals surface area contributed by atoms with Crippen molar-refractivity contribution < 1.29 is 33.6 Å². The smallest absolute Gasteiger partial charge is 0.337 e. The van der Waals surface area contributed by atoms with E-state index in [0.717, 1.165) is 10.0 Å². The monoisotopic (exact) mass is 755 g/mol. The van der Waals surface area contributed by atoms with Gasteiger partial charge in [0.25, 0.3) is 0 Å². The summed E-state index contributed by atoms with van der Waals surface area (Å²) in [5.74, 6) is 0.602. The fourth-order valence-electron chi connectivity index (χ4n) is 4.55. The third-order valence-corrected chi connectivity index (χ3v) is 7.69. The van der Waals surface area contributed by atoms with Crippen LogP contribution in [0.1, 0.15) is 42.1 Å². The van der Waals surface area contributed by atoms with Crippen molar-refractivity contribution in [2.45, 2.75) is 32.7 Å². The number of nitriles is 1. The van der Waals surface area contributed by atoms with Crippen molar-refractivity contribution in [1.82, 2.24) is 16.1 Å². The van der Waals surface area contributed by atoms with Gasteiger partial charge in [-0.25, -0.2) is 9.59 Å². The number of hydrazone groups is 1. The van der Waals surface area contributed by atoms with Gasteiger partial charge in [0.2, 0.25) is 0 Å². The third-order valence-electron chi connectivity index (χ3n) is 6.65. The molecule has 12 nitrogen and oxygen atoms in total. The van der Waals surface area contributed by atoms with E-state index in [-0.39, 0.29) is 18.8 Å². The van der Waals surface area contributed by atoms with Crippen LogP contribution < -0.4 is 30.3 Å². The summed E-state index contributed by atoms with van der Waals surface area (Å²) in [5, 5.41) is 29.4. The first-order valence-electron chi connectivity index (χ1n) is 14.0. The van der Waals surface area contributed by atoms with Gasteiger partial charge in [0.15, 0.2) is 17.7 Å². The fraction of sp³-hybridized carbons (Fsp3) is 0.250. The van der Waals surface area contributed by atoms with Gasteiger partial charge in [0.05, 0.1) is 47.7 Å². The van der Waals surface area contributed by atoms with Gasteiger partial charge in [-0.3, -0.25) is 5.43 Å². The number of halogens is 2. The molecular weight excluding hydrogens is 726 g/mol. The Morgan fingerprint density at radius 3 is 2.67 bits per heavy atom. The maximum absolute atomic E-state index is 12.5. The van der Waals surface area contributed by atoms with Gasteiger partial charge >= 0.3 is 12.0 Å². The normalized spacial score (nSPS) is 15.0. The molecule has 0 saturated carbocycles. The summed E-state index contributed by atoms with van der Waals surface area (Å²) in [6.45, 7) is 3.72. The molecule has 1 heterocycles. The average Bonchev–Trinajstić information content (AvgIpc) is 3.03. The molecule has 0 radical (unpaired) electrons. The van der Waals surface area contributed by atoms with Crippen LogP contribution in [0.2, 0.25) is 0 Å². The van der Waals surface area contributed by atoms with Crippen LogP contribution in [0.3, 0.4) is 0 Å². The first kappa shape index (κ1) is 34.3. The molecule has 0 aromatic heterocycles. The van der Waals surface area contributed by atoms with Gasteiger partial charge in [0.1, 0.15) is 19.0 Å². The van der Waals surface area contributed by atoms with E-state index in [0.29, 0.717) is 50.7 Å². The van der Waals surface area contributed by atoms with Crippen LogP contribution in [0, 0.1) is 11.3 Å². The van der Waals surface area contributed by atoms with Crippen LogP contribution in [-0.4, -0.2) is 49.9 Å². The number of nitrogens with one attached hydrogen (secondary N) is 3. The fourth-order valence-corrected chi connectivity index (χ4v) is 5.92. The Morgan fingerprint density at radius 1 is 1.15 bits per heavy atom. The van der Waals surface area contributed by atoms with E-state index in [1.807, 2.05) is 18.2 Å². The van der Waals surface area contributed by atoms with E-state index < -0.39 is 24.3 Å². The number of nitrogens with zero attached hydrogens (tertiary/aromatic N) is 2. The molecule has 2 atom stereocenters. The summed E-state index contributed by atoms with van der Waals surface area (Å²) in [7, 11) is 1.27. The van der Waals surface area contributed by atoms with Crippen LogP contribution in [0.15, 0.2) is 79.9 Å². The van der Waals surface area contributed by atoms with E-state index in [1.165, 1.54) is 13.3 Å². The molecule has 0 aliphatic carbocycles. The molecule has 46 heavy (non-hydrogen) atoms. The number of esters is 1. The molecule has 0 saturated heterocycles. The largest absolute Gasteiger partial charge is 0.490 e. The van der Waals surface area contributed by atoms with Gasteiger partial charge in [-0.05, 0) is 65.7 Å². The van der Waals surface area contributed by atoms with Crippen molar-refractivity contribution in [3.63, 3.8) is 0 Å². The predicted molar refractivity (Wildman–Crippen MR) is 176 cm³/mol. The van der Waals surface area contributed by atoms with Crippen molar-refractivity contribution >= 4 is 50.1 Å². The van der Waals surface area contributed by atoms with Crippen molar-refractivity contribution in [2.75, 3.05) is 20.3 Å². The number of hydrogen-bond acceptors (Lipinski definition) is 10. The summed E-state index contributed by atoms with van der Waals surface area (Å²) in [6, 6.07) is 16.7. The minimum Gasteiger partial charge on any atom is -0.490 e. The third kappa shape index (κ3) is 8.57. The Balaban J connectivity index is 1.43. The highest BCUT2D eigenvalue weighted by molar-refractivity contribution is 9.11. The molecule has 0 fully saturated rings. The zero-order valence-corrected chi connectivity index (χ0v) is 28.3. The molecule has 1 aliphatic rings. The summed E-state index contributed by atoms with van der Waals surface area (Å²) < 4.78 is 24.0. The highest BCUT2D eigenvalue weighted by atomic mass is 79.9. The second-order valence-electron chi connectivity index (χ2n) is 9.78. The summed E-state index contributed by atoms with van der Waals surface area (Å²) >= 11 is 6.98. The second-order valence-corrected chi connectivity index (χ2v) is 11.5. The number of allylic oxidation sites excluding steroid dienone is 1. The van der Waals surface area contributed by atoms with Crippen LogP contribution in [0.25, 0.3) is 0 Å². The van der Waals surface area contributed by atoms with Crippen LogP contribution in [-0.2, 0) is 16.1 Å². The Morgan fingerprint density at radius 2 is 1.93 bits per heavy atom. The SMILES string of the molecule is CCOc1cc([C@@H]2NC(=O)NC(C)=C2C(=O)OC)ccc1OC[C@H](O)N/N=C/c1cc(Br)cc(Br)c1OCc1ccccc1C#N. The molecule has 4 N–H and O–H groups in total. The molecule has 240 valence electrons. The molecule has 0 unspecified atom stereocenters. The molecule has 0 bridgehead atoms. The number of benzene rings is 3. The maximum atomic E-state index is 12.5. The second kappa shape index (κ2) is 16.1. The van der Waals surface area contributed by atoms with Crippen molar-refractivity contribution in [3.05, 3.63) is 97.1 Å². The Labute approximate surface area is 282 Å². The number of hydrogen-bond donors (Lipinski definition) is 4. The molecule has 3 aromatic rings. The minimum atomic E-state index is -1.20. The van der Waals surface area contributed by atoms with Crippen molar-refractivity contribution in [3.8, 4) is 23.3 Å². The molecule has 4 rings (SSSR count). The number of aliphatic hydroxyl groups is 1. The van der Waals surface area contributed by atoms with E-state index in [9.17, 15) is 20.0 Å². The average molecular weight is 757 g/mol. The first-order chi connectivity index (χ1) is 22.1. The summed E-state index contributed by atoms with van der Waals surface area (Å²) in [6.07, 6.45) is 0.292. The van der Waals surface area contributed by atoms with E-state index >= 15 is 0 Å². The zero-order valence-electron chi connectivity index (χ0n) is 25.1. The van der Waals surface area contributed by atoms with Crippen LogP contribution in [0.4, 0.5) is 4.79 Å². The van der Waals surface area contributed by atoms with Gasteiger partial charge in [-0.2, -0.15) is 10.4 Å². The quantitative estimate of drug-likeness (QED) is 0.0797. The lowest BCUT2D eigenvalue weighted by Crippen LogP contribution is -2.45. The standard InChI is InChI=1S/C32H31Br2N5O7/c1-4-44-26-12-19(29-28(31(41)43-3)18(2)37-32(42)38-29)9-10-25(26)45-17-27(40)39-36-15-22-11-23(33)13-24(34)30(22)46-16-21-8-6-5-7-20(21)14-35/h5-13,15,27,29,39-40H,4,16-17H2,1-3H3,(H2,37,38,42)/b36-15+/t27-,29-/m0/s1. The summed E-state index contributed by atoms with van der Waals surface area (Å²) in [4.78, 5) is 24.7. The first-order valence-corrected chi connectivity index (χ1v) is 15.6. The number of urea groups is 1. The zero-order chi connectivity index (χ0) is 33.2. The number of ether oxygens (including phenoxy) is 4. The van der Waals surface area contributed by atoms with Gasteiger partial charge < -0.3 is 34.7 Å². The van der Waals surface area contributed by atoms with Crippen molar-refractivity contribution in [1.29, 1.82) is 5.26 Å². The number of amides is 2. The summed E-state index contributed by atoms with van der Waals surface area (Å²) in [5.41, 5.74) is 5.70. The number of methoxy groups -OCH3 is 1. The van der Waals surface area contributed by atoms with Crippen LogP contribution >= 0.6 is 31.9 Å². The van der Waals surface area contributed by atoms with Gasteiger partial charge in [-0.1, -0.05) is 40.2 Å². The molecule has 1 aliphatic heterocycles. The Bertz CT molecular complexity index is 1710. The highest BCUT2D eigenvalue weighted by Gasteiger charge is 2.32. The number of rotatable bonds is 13. The number of aliphatic hydroxyl groups excluding tert-OH is 1. The predicted octanol–water partition coefficient (Wildman–Crippen LogP) is 5.18. The number of carbonyl (C=O) groups is 2.